The minimum Gasteiger partial charge on any atom is -0.507 e. The Balaban J connectivity index is 2.08. The number of phenols is 1. The van der Waals surface area contributed by atoms with E-state index >= 15 is 0 Å². The Morgan fingerprint density at radius 1 is 1.19 bits per heavy atom. The molecule has 2 N–H and O–H groups in total. The molecule has 3 rings (SSSR count). The van der Waals surface area contributed by atoms with Gasteiger partial charge in [0.1, 0.15) is 5.75 Å². The van der Waals surface area contributed by atoms with Crippen LogP contribution in [0.1, 0.15) is 12.0 Å². The summed E-state index contributed by atoms with van der Waals surface area (Å²) < 4.78 is 0. The SMILES string of the molecule is Oc1cccc2cccc(CC3CCN3)c12. The first-order valence-electron chi connectivity index (χ1n) is 5.77. The van der Waals surface area contributed by atoms with E-state index in [1.807, 2.05) is 18.2 Å². The molecule has 2 aromatic rings. The molecule has 1 atom stereocenters. The van der Waals surface area contributed by atoms with E-state index in [1.165, 1.54) is 12.0 Å². The van der Waals surface area contributed by atoms with Crippen LogP contribution in [-0.4, -0.2) is 17.7 Å². The molecule has 2 nitrogen and oxygen atoms in total. The molecule has 0 radical (unpaired) electrons. The molecule has 2 aromatic carbocycles. The van der Waals surface area contributed by atoms with Gasteiger partial charge in [0.2, 0.25) is 0 Å². The van der Waals surface area contributed by atoms with Gasteiger partial charge in [-0.2, -0.15) is 0 Å². The van der Waals surface area contributed by atoms with Gasteiger partial charge in [0.25, 0.3) is 0 Å². The lowest BCUT2D eigenvalue weighted by atomic mass is 9.94. The van der Waals surface area contributed by atoms with Gasteiger partial charge in [0.05, 0.1) is 0 Å². The van der Waals surface area contributed by atoms with Crippen molar-refractivity contribution < 1.29 is 5.11 Å². The second kappa shape index (κ2) is 3.80. The number of hydrogen-bond donors (Lipinski definition) is 2. The smallest absolute Gasteiger partial charge is 0.123 e. The molecule has 0 aliphatic carbocycles. The molecule has 1 heterocycles. The van der Waals surface area contributed by atoms with Gasteiger partial charge in [-0.15, -0.1) is 0 Å². The monoisotopic (exact) mass is 213 g/mol. The van der Waals surface area contributed by atoms with Crippen molar-refractivity contribution >= 4 is 10.8 Å². The number of nitrogens with one attached hydrogen (secondary N) is 1. The van der Waals surface area contributed by atoms with Crippen molar-refractivity contribution in [3.63, 3.8) is 0 Å². The van der Waals surface area contributed by atoms with E-state index in [1.54, 1.807) is 6.07 Å². The maximum Gasteiger partial charge on any atom is 0.123 e. The summed E-state index contributed by atoms with van der Waals surface area (Å²) in [6.07, 6.45) is 2.25. The van der Waals surface area contributed by atoms with Crippen molar-refractivity contribution in [1.82, 2.24) is 5.32 Å². The molecule has 82 valence electrons. The normalized spacial score (nSPS) is 19.6. The van der Waals surface area contributed by atoms with E-state index in [2.05, 4.69) is 17.4 Å². The molecule has 1 fully saturated rings. The van der Waals surface area contributed by atoms with Gasteiger partial charge in [-0.05, 0) is 36.4 Å². The van der Waals surface area contributed by atoms with Crippen molar-refractivity contribution in [2.45, 2.75) is 18.9 Å². The van der Waals surface area contributed by atoms with Crippen LogP contribution in [0.5, 0.6) is 5.75 Å². The Morgan fingerprint density at radius 3 is 2.62 bits per heavy atom. The Hall–Kier alpha value is -1.54. The van der Waals surface area contributed by atoms with Crippen LogP contribution in [0.2, 0.25) is 0 Å². The zero-order valence-electron chi connectivity index (χ0n) is 9.11. The van der Waals surface area contributed by atoms with Crippen LogP contribution in [0.25, 0.3) is 10.8 Å². The summed E-state index contributed by atoms with van der Waals surface area (Å²) in [5.74, 6) is 0.396. The summed E-state index contributed by atoms with van der Waals surface area (Å²) in [7, 11) is 0. The third-order valence-corrected chi connectivity index (χ3v) is 3.36. The number of aromatic hydroxyl groups is 1. The zero-order chi connectivity index (χ0) is 11.0. The Kier molecular flexibility index (Phi) is 2.29. The van der Waals surface area contributed by atoms with Gasteiger partial charge in [-0.3, -0.25) is 0 Å². The second-order valence-electron chi connectivity index (χ2n) is 4.44. The third-order valence-electron chi connectivity index (χ3n) is 3.36. The van der Waals surface area contributed by atoms with Crippen LogP contribution in [0.4, 0.5) is 0 Å². The first-order chi connectivity index (χ1) is 7.84. The lowest BCUT2D eigenvalue weighted by Crippen LogP contribution is -2.44. The molecule has 1 aliphatic rings. The molecule has 2 heteroatoms. The van der Waals surface area contributed by atoms with Gasteiger partial charge >= 0.3 is 0 Å². The van der Waals surface area contributed by atoms with E-state index < -0.39 is 0 Å². The molecule has 0 spiro atoms. The average molecular weight is 213 g/mol. The van der Waals surface area contributed by atoms with Gasteiger partial charge in [0, 0.05) is 11.4 Å². The minimum absolute atomic E-state index is 0.396. The van der Waals surface area contributed by atoms with Crippen LogP contribution in [0.15, 0.2) is 36.4 Å². The van der Waals surface area contributed by atoms with Crippen molar-refractivity contribution in [1.29, 1.82) is 0 Å². The third kappa shape index (κ3) is 1.55. The summed E-state index contributed by atoms with van der Waals surface area (Å²) in [5, 5.41) is 15.5. The van der Waals surface area contributed by atoms with Crippen LogP contribution in [0.3, 0.4) is 0 Å². The molecular formula is C14H15NO. The second-order valence-corrected chi connectivity index (χ2v) is 4.44. The Morgan fingerprint density at radius 2 is 1.94 bits per heavy atom. The summed E-state index contributed by atoms with van der Waals surface area (Å²) in [6, 6.07) is 12.5. The predicted octanol–water partition coefficient (Wildman–Crippen LogP) is 2.45. The lowest BCUT2D eigenvalue weighted by Gasteiger charge is -2.28. The zero-order valence-corrected chi connectivity index (χ0v) is 9.11. The van der Waals surface area contributed by atoms with E-state index in [0.29, 0.717) is 11.8 Å². The van der Waals surface area contributed by atoms with E-state index in [0.717, 1.165) is 23.7 Å². The Labute approximate surface area is 94.9 Å². The van der Waals surface area contributed by atoms with Gasteiger partial charge in [0.15, 0.2) is 0 Å². The van der Waals surface area contributed by atoms with Crippen LogP contribution >= 0.6 is 0 Å². The van der Waals surface area contributed by atoms with Crippen molar-refractivity contribution in [3.05, 3.63) is 42.0 Å². The first-order valence-corrected chi connectivity index (χ1v) is 5.77. The molecule has 0 bridgehead atoms. The molecular weight excluding hydrogens is 198 g/mol. The van der Waals surface area contributed by atoms with Gasteiger partial charge in [-0.1, -0.05) is 30.3 Å². The largest absolute Gasteiger partial charge is 0.507 e. The van der Waals surface area contributed by atoms with E-state index in [4.69, 9.17) is 0 Å². The fourth-order valence-electron chi connectivity index (χ4n) is 2.36. The van der Waals surface area contributed by atoms with Crippen LogP contribution in [0, 0.1) is 0 Å². The highest BCUT2D eigenvalue weighted by molar-refractivity contribution is 5.91. The molecule has 1 saturated heterocycles. The maximum absolute atomic E-state index is 9.94. The highest BCUT2D eigenvalue weighted by Crippen LogP contribution is 2.29. The fraction of sp³-hybridized carbons (Fsp3) is 0.286. The van der Waals surface area contributed by atoms with Gasteiger partial charge in [-0.25, -0.2) is 0 Å². The lowest BCUT2D eigenvalue weighted by molar-refractivity contribution is 0.370. The molecule has 1 aliphatic heterocycles. The number of phenolic OH excluding ortho intramolecular Hbond substituents is 1. The topological polar surface area (TPSA) is 32.3 Å². The summed E-state index contributed by atoms with van der Waals surface area (Å²) in [5.41, 5.74) is 1.24. The van der Waals surface area contributed by atoms with E-state index in [9.17, 15) is 5.11 Å². The van der Waals surface area contributed by atoms with Gasteiger partial charge < -0.3 is 10.4 Å². The molecule has 0 aromatic heterocycles. The number of fused-ring (bicyclic) bond motifs is 1. The summed E-state index contributed by atoms with van der Waals surface area (Å²) in [4.78, 5) is 0. The molecule has 1 unspecified atom stereocenters. The highest BCUT2D eigenvalue weighted by atomic mass is 16.3. The number of rotatable bonds is 2. The summed E-state index contributed by atoms with van der Waals surface area (Å²) >= 11 is 0. The van der Waals surface area contributed by atoms with Crippen LogP contribution in [-0.2, 0) is 6.42 Å². The van der Waals surface area contributed by atoms with Crippen LogP contribution < -0.4 is 5.32 Å². The van der Waals surface area contributed by atoms with Crippen molar-refractivity contribution in [2.75, 3.05) is 6.54 Å². The maximum atomic E-state index is 9.94. The van der Waals surface area contributed by atoms with Crippen molar-refractivity contribution in [2.24, 2.45) is 0 Å². The summed E-state index contributed by atoms with van der Waals surface area (Å²) in [6.45, 7) is 1.13. The molecule has 16 heavy (non-hydrogen) atoms. The molecule has 0 amide bonds. The number of benzene rings is 2. The standard InChI is InChI=1S/C14H15NO/c16-13-6-2-4-10-3-1-5-11(14(10)13)9-12-7-8-15-12/h1-6,12,15-16H,7-9H2. The highest BCUT2D eigenvalue weighted by Gasteiger charge is 2.18. The number of hydrogen-bond acceptors (Lipinski definition) is 2. The first kappa shape index (κ1) is 9.67. The quantitative estimate of drug-likeness (QED) is 0.803. The predicted molar refractivity (Wildman–Crippen MR) is 65.7 cm³/mol. The van der Waals surface area contributed by atoms with E-state index in [-0.39, 0.29) is 0 Å². The molecule has 0 saturated carbocycles. The fourth-order valence-corrected chi connectivity index (χ4v) is 2.36. The Bertz CT molecular complexity index is 512. The average Bonchev–Trinajstić information content (AvgIpc) is 2.24. The minimum atomic E-state index is 0.396. The van der Waals surface area contributed by atoms with Crippen molar-refractivity contribution in [3.8, 4) is 5.75 Å².